The minimum atomic E-state index is -0.397. The van der Waals surface area contributed by atoms with Crippen molar-refractivity contribution >= 4 is 5.91 Å². The summed E-state index contributed by atoms with van der Waals surface area (Å²) in [7, 11) is 0. The highest BCUT2D eigenvalue weighted by atomic mass is 16.7. The van der Waals surface area contributed by atoms with E-state index in [0.717, 1.165) is 10.3 Å². The van der Waals surface area contributed by atoms with E-state index in [1.807, 2.05) is 30.3 Å². The molecule has 6 nitrogen and oxygen atoms in total. The smallest absolute Gasteiger partial charge is 0.283 e. The lowest BCUT2D eigenvalue weighted by molar-refractivity contribution is 0.0712. The normalized spacial score (nSPS) is 10.1. The summed E-state index contributed by atoms with van der Waals surface area (Å²) in [6.45, 7) is 0.857. The van der Waals surface area contributed by atoms with Crippen LogP contribution >= 0.6 is 0 Å². The Kier molecular flexibility index (Phi) is 5.11. The van der Waals surface area contributed by atoms with Crippen LogP contribution < -0.4 is 21.4 Å². The summed E-state index contributed by atoms with van der Waals surface area (Å²) in [5.74, 6) is -0.397. The molecular formula is C15H17N3O3. The number of nitrogens with two attached hydrogens (primary N) is 1. The van der Waals surface area contributed by atoms with Crippen LogP contribution in [0.15, 0.2) is 53.3 Å². The van der Waals surface area contributed by atoms with E-state index in [9.17, 15) is 9.59 Å². The number of nitrogens with zero attached hydrogens (tertiary/aromatic N) is 1. The molecule has 3 N–H and O–H groups in total. The Balaban J connectivity index is 2.18. The van der Waals surface area contributed by atoms with Gasteiger partial charge in [0.1, 0.15) is 12.3 Å². The van der Waals surface area contributed by atoms with E-state index >= 15 is 0 Å². The Labute approximate surface area is 122 Å². The van der Waals surface area contributed by atoms with Crippen molar-refractivity contribution in [2.45, 2.75) is 6.61 Å². The summed E-state index contributed by atoms with van der Waals surface area (Å²) < 4.78 is 0.999. The van der Waals surface area contributed by atoms with Crippen LogP contribution in [-0.2, 0) is 6.61 Å². The van der Waals surface area contributed by atoms with E-state index in [4.69, 9.17) is 10.6 Å². The maximum atomic E-state index is 12.0. The first-order valence-electron chi connectivity index (χ1n) is 6.60. The maximum absolute atomic E-state index is 12.0. The molecule has 0 unspecified atom stereocenters. The molecule has 0 fully saturated rings. The fourth-order valence-corrected chi connectivity index (χ4v) is 1.77. The lowest BCUT2D eigenvalue weighted by Crippen LogP contribution is -2.37. The average molecular weight is 287 g/mol. The minimum Gasteiger partial charge on any atom is -0.405 e. The molecule has 21 heavy (non-hydrogen) atoms. The summed E-state index contributed by atoms with van der Waals surface area (Å²) in [6, 6.07) is 13.8. The maximum Gasteiger partial charge on any atom is 0.283 e. The van der Waals surface area contributed by atoms with E-state index in [1.54, 1.807) is 0 Å². The van der Waals surface area contributed by atoms with Gasteiger partial charge in [-0.05, 0) is 11.6 Å². The fourth-order valence-electron chi connectivity index (χ4n) is 1.77. The fraction of sp³-hybridized carbons (Fsp3) is 0.200. The van der Waals surface area contributed by atoms with Gasteiger partial charge < -0.3 is 15.9 Å². The number of rotatable bonds is 6. The van der Waals surface area contributed by atoms with Crippen LogP contribution in [0.5, 0.6) is 0 Å². The third kappa shape index (κ3) is 3.93. The predicted molar refractivity (Wildman–Crippen MR) is 78.8 cm³/mol. The first-order valence-corrected chi connectivity index (χ1v) is 6.60. The number of amides is 1. The van der Waals surface area contributed by atoms with E-state index in [2.05, 4.69) is 5.32 Å². The number of aromatic nitrogens is 1. The van der Waals surface area contributed by atoms with Gasteiger partial charge >= 0.3 is 0 Å². The molecule has 1 aromatic heterocycles. The van der Waals surface area contributed by atoms with Gasteiger partial charge in [0.2, 0.25) is 0 Å². The summed E-state index contributed by atoms with van der Waals surface area (Å²) >= 11 is 0. The summed E-state index contributed by atoms with van der Waals surface area (Å²) in [5.41, 5.74) is 6.00. The van der Waals surface area contributed by atoms with Gasteiger partial charge in [0.15, 0.2) is 0 Å². The second-order valence-corrected chi connectivity index (χ2v) is 4.35. The molecule has 1 heterocycles. The van der Waals surface area contributed by atoms with Gasteiger partial charge in [-0.25, -0.2) is 0 Å². The molecule has 110 valence electrons. The van der Waals surface area contributed by atoms with Gasteiger partial charge in [-0.3, -0.25) is 9.59 Å². The lowest BCUT2D eigenvalue weighted by atomic mass is 10.2. The van der Waals surface area contributed by atoms with E-state index in [0.29, 0.717) is 13.1 Å². The number of hydrogen-bond donors (Lipinski definition) is 2. The highest BCUT2D eigenvalue weighted by molar-refractivity contribution is 5.92. The Morgan fingerprint density at radius 2 is 1.90 bits per heavy atom. The molecule has 0 bridgehead atoms. The third-order valence-electron chi connectivity index (χ3n) is 2.78. The Morgan fingerprint density at radius 1 is 1.14 bits per heavy atom. The van der Waals surface area contributed by atoms with Crippen molar-refractivity contribution in [3.8, 4) is 0 Å². The predicted octanol–water partition coefficient (Wildman–Crippen LogP) is 0.166. The van der Waals surface area contributed by atoms with Crippen molar-refractivity contribution < 1.29 is 9.63 Å². The first kappa shape index (κ1) is 14.8. The summed E-state index contributed by atoms with van der Waals surface area (Å²) in [6.07, 6.45) is 0. The van der Waals surface area contributed by atoms with Crippen LogP contribution in [0.4, 0.5) is 0 Å². The highest BCUT2D eigenvalue weighted by Crippen LogP contribution is 2.00. The van der Waals surface area contributed by atoms with Crippen molar-refractivity contribution in [2.75, 3.05) is 13.1 Å². The molecule has 0 aliphatic rings. The molecule has 0 saturated heterocycles. The second-order valence-electron chi connectivity index (χ2n) is 4.35. The molecule has 2 rings (SSSR count). The topological polar surface area (TPSA) is 86.4 Å². The van der Waals surface area contributed by atoms with Crippen LogP contribution in [0.3, 0.4) is 0 Å². The van der Waals surface area contributed by atoms with Crippen molar-refractivity contribution in [3.05, 3.63) is 70.1 Å². The Hall–Kier alpha value is -2.60. The standard InChI is InChI=1S/C15H17N3O3/c16-9-10-17-15(20)13-7-4-8-14(19)18(13)21-11-12-5-2-1-3-6-12/h1-8H,9-11,16H2,(H,17,20). The van der Waals surface area contributed by atoms with Crippen LogP contribution in [0, 0.1) is 0 Å². The Bertz CT molecular complexity index is 653. The van der Waals surface area contributed by atoms with Crippen LogP contribution in [0.2, 0.25) is 0 Å². The van der Waals surface area contributed by atoms with Gasteiger partial charge in [-0.15, -0.1) is 4.73 Å². The first-order chi connectivity index (χ1) is 10.2. The zero-order chi connectivity index (χ0) is 15.1. The van der Waals surface area contributed by atoms with E-state index in [-0.39, 0.29) is 12.3 Å². The van der Waals surface area contributed by atoms with Crippen LogP contribution in [0.25, 0.3) is 0 Å². The average Bonchev–Trinajstić information content (AvgIpc) is 2.52. The van der Waals surface area contributed by atoms with Crippen LogP contribution in [0.1, 0.15) is 16.1 Å². The number of carbonyl (C=O) groups is 1. The SMILES string of the molecule is NCCNC(=O)c1cccc(=O)n1OCc1ccccc1. The Morgan fingerprint density at radius 3 is 2.62 bits per heavy atom. The molecule has 0 aliphatic carbocycles. The van der Waals surface area contributed by atoms with Gasteiger partial charge in [0.05, 0.1) is 0 Å². The number of carbonyl (C=O) groups excluding carboxylic acids is 1. The zero-order valence-electron chi connectivity index (χ0n) is 11.5. The monoisotopic (exact) mass is 287 g/mol. The van der Waals surface area contributed by atoms with Crippen LogP contribution in [-0.4, -0.2) is 23.7 Å². The highest BCUT2D eigenvalue weighted by Gasteiger charge is 2.12. The molecule has 1 amide bonds. The molecular weight excluding hydrogens is 270 g/mol. The molecule has 0 aliphatic heterocycles. The van der Waals surface area contributed by atoms with Gasteiger partial charge in [0.25, 0.3) is 11.5 Å². The summed E-state index contributed by atoms with van der Waals surface area (Å²) in [4.78, 5) is 29.3. The van der Waals surface area contributed by atoms with Gasteiger partial charge in [-0.1, -0.05) is 36.4 Å². The number of pyridine rings is 1. The van der Waals surface area contributed by atoms with Gasteiger partial charge in [0, 0.05) is 19.2 Å². The third-order valence-corrected chi connectivity index (χ3v) is 2.78. The van der Waals surface area contributed by atoms with Gasteiger partial charge in [-0.2, -0.15) is 0 Å². The molecule has 0 saturated carbocycles. The van der Waals surface area contributed by atoms with Crippen molar-refractivity contribution in [2.24, 2.45) is 5.73 Å². The molecule has 2 aromatic rings. The second kappa shape index (κ2) is 7.25. The number of benzene rings is 1. The summed E-state index contributed by atoms with van der Waals surface area (Å²) in [5, 5.41) is 2.61. The van der Waals surface area contributed by atoms with Crippen molar-refractivity contribution in [1.29, 1.82) is 0 Å². The molecule has 0 atom stereocenters. The lowest BCUT2D eigenvalue weighted by Gasteiger charge is -2.13. The zero-order valence-corrected chi connectivity index (χ0v) is 11.5. The number of nitrogens with one attached hydrogen (secondary N) is 1. The van der Waals surface area contributed by atoms with E-state index < -0.39 is 11.5 Å². The van der Waals surface area contributed by atoms with Crippen molar-refractivity contribution in [1.82, 2.24) is 10.0 Å². The molecule has 0 radical (unpaired) electrons. The van der Waals surface area contributed by atoms with Crippen molar-refractivity contribution in [3.63, 3.8) is 0 Å². The van der Waals surface area contributed by atoms with E-state index in [1.165, 1.54) is 18.2 Å². The number of hydrogen-bond acceptors (Lipinski definition) is 4. The largest absolute Gasteiger partial charge is 0.405 e. The molecule has 1 aromatic carbocycles. The quantitative estimate of drug-likeness (QED) is 0.792. The molecule has 0 spiro atoms. The minimum absolute atomic E-state index is 0.145. The molecule has 6 heteroatoms.